The second-order valence-corrected chi connectivity index (χ2v) is 9.58. The van der Waals surface area contributed by atoms with Gasteiger partial charge in [0, 0.05) is 27.5 Å². The van der Waals surface area contributed by atoms with Crippen molar-refractivity contribution in [2.24, 2.45) is 0 Å². The predicted molar refractivity (Wildman–Crippen MR) is 133 cm³/mol. The zero-order chi connectivity index (χ0) is 23.3. The highest BCUT2D eigenvalue weighted by atomic mass is 35.5. The number of ether oxygens (including phenoxy) is 1. The van der Waals surface area contributed by atoms with Crippen molar-refractivity contribution in [2.45, 2.75) is 38.2 Å². The van der Waals surface area contributed by atoms with Gasteiger partial charge in [0.1, 0.15) is 5.75 Å². The number of carbonyl (C=O) groups excluding carboxylic acids is 1. The highest BCUT2D eigenvalue weighted by Crippen LogP contribution is 2.33. The van der Waals surface area contributed by atoms with Gasteiger partial charge in [-0.3, -0.25) is 4.79 Å². The topological polar surface area (TPSA) is 38.3 Å². The van der Waals surface area contributed by atoms with Crippen LogP contribution in [0.3, 0.4) is 0 Å². The third-order valence-electron chi connectivity index (χ3n) is 5.51. The van der Waals surface area contributed by atoms with E-state index in [2.05, 4.69) is 12.2 Å². The first-order valence-electron chi connectivity index (χ1n) is 10.4. The molecule has 0 aliphatic carbocycles. The molecule has 0 saturated carbocycles. The van der Waals surface area contributed by atoms with E-state index in [1.807, 2.05) is 48.5 Å². The molecule has 1 amide bonds. The molecule has 168 valence electrons. The van der Waals surface area contributed by atoms with Crippen LogP contribution in [0.25, 0.3) is 0 Å². The van der Waals surface area contributed by atoms with Crippen molar-refractivity contribution in [3.8, 4) is 5.75 Å². The molecule has 0 fully saturated rings. The third kappa shape index (κ3) is 6.41. The summed E-state index contributed by atoms with van der Waals surface area (Å²) in [5, 5.41) is 5.06. The van der Waals surface area contributed by atoms with Gasteiger partial charge in [-0.05, 0) is 79.4 Å². The highest BCUT2D eigenvalue weighted by molar-refractivity contribution is 6.31. The van der Waals surface area contributed by atoms with E-state index in [0.29, 0.717) is 27.4 Å². The molecule has 2 atom stereocenters. The Morgan fingerprint density at radius 3 is 1.75 bits per heavy atom. The van der Waals surface area contributed by atoms with Gasteiger partial charge in [-0.2, -0.15) is 0 Å². The molecule has 0 radical (unpaired) electrons. The van der Waals surface area contributed by atoms with Crippen LogP contribution in [0.4, 0.5) is 0 Å². The Hall–Kier alpha value is -2.20. The van der Waals surface area contributed by atoms with Gasteiger partial charge in [-0.15, -0.1) is 0 Å². The number of hydrogen-bond acceptors (Lipinski definition) is 2. The normalized spacial score (nSPS) is 13.3. The average Bonchev–Trinajstić information content (AvgIpc) is 2.76. The summed E-state index contributed by atoms with van der Waals surface area (Å²) in [5.74, 6) is 0.547. The molecule has 6 heteroatoms. The summed E-state index contributed by atoms with van der Waals surface area (Å²) in [5.41, 5.74) is 1.18. The van der Waals surface area contributed by atoms with Crippen molar-refractivity contribution in [1.82, 2.24) is 5.32 Å². The van der Waals surface area contributed by atoms with Crippen LogP contribution in [-0.2, 0) is 4.79 Å². The summed E-state index contributed by atoms with van der Waals surface area (Å²) in [6, 6.07) is 22.5. The van der Waals surface area contributed by atoms with Crippen molar-refractivity contribution in [2.75, 3.05) is 6.54 Å². The second kappa shape index (κ2) is 10.6. The Balaban J connectivity index is 1.76. The Labute approximate surface area is 204 Å². The number of halogens is 3. The van der Waals surface area contributed by atoms with Gasteiger partial charge in [0.05, 0.1) is 0 Å². The molecular weight excluding hydrogens is 465 g/mol. The van der Waals surface area contributed by atoms with E-state index in [0.717, 1.165) is 11.1 Å². The number of rotatable bonds is 8. The van der Waals surface area contributed by atoms with E-state index in [-0.39, 0.29) is 17.7 Å². The minimum atomic E-state index is -1.05. The van der Waals surface area contributed by atoms with E-state index < -0.39 is 5.60 Å². The summed E-state index contributed by atoms with van der Waals surface area (Å²) < 4.78 is 5.93. The molecule has 0 aromatic heterocycles. The van der Waals surface area contributed by atoms with Crippen LogP contribution >= 0.6 is 34.8 Å². The lowest BCUT2D eigenvalue weighted by Crippen LogP contribution is -2.47. The van der Waals surface area contributed by atoms with E-state index in [4.69, 9.17) is 39.5 Å². The van der Waals surface area contributed by atoms with E-state index in [1.165, 1.54) is 0 Å². The van der Waals surface area contributed by atoms with Crippen molar-refractivity contribution in [3.05, 3.63) is 99.0 Å². The fraction of sp³-hybridized carbons (Fsp3) is 0.269. The van der Waals surface area contributed by atoms with E-state index >= 15 is 0 Å². The number of amides is 1. The van der Waals surface area contributed by atoms with Gasteiger partial charge >= 0.3 is 0 Å². The number of nitrogens with one attached hydrogen (secondary N) is 1. The quantitative estimate of drug-likeness (QED) is 0.355. The number of hydrogen-bond donors (Lipinski definition) is 1. The summed E-state index contributed by atoms with van der Waals surface area (Å²) in [6.07, 6.45) is 0. The molecule has 3 aromatic carbocycles. The van der Waals surface area contributed by atoms with Gasteiger partial charge in [0.2, 0.25) is 0 Å². The maximum absolute atomic E-state index is 13.0. The lowest BCUT2D eigenvalue weighted by Gasteiger charge is -2.29. The molecule has 0 aliphatic rings. The van der Waals surface area contributed by atoms with Crippen LogP contribution in [0.5, 0.6) is 5.75 Å². The molecule has 0 aliphatic heterocycles. The first-order chi connectivity index (χ1) is 15.2. The van der Waals surface area contributed by atoms with Crippen LogP contribution in [-0.4, -0.2) is 18.1 Å². The third-order valence-corrected chi connectivity index (χ3v) is 6.27. The van der Waals surface area contributed by atoms with Gasteiger partial charge in [0.15, 0.2) is 5.60 Å². The number of carbonyl (C=O) groups is 1. The molecule has 0 spiro atoms. The van der Waals surface area contributed by atoms with Crippen molar-refractivity contribution < 1.29 is 9.53 Å². The van der Waals surface area contributed by atoms with Gasteiger partial charge < -0.3 is 10.1 Å². The van der Waals surface area contributed by atoms with Gasteiger partial charge in [-0.1, -0.05) is 66.0 Å². The number of benzene rings is 3. The van der Waals surface area contributed by atoms with Gasteiger partial charge in [-0.25, -0.2) is 0 Å². The lowest BCUT2D eigenvalue weighted by molar-refractivity contribution is -0.134. The molecule has 1 N–H and O–H groups in total. The van der Waals surface area contributed by atoms with Crippen LogP contribution in [0.15, 0.2) is 72.8 Å². The first-order valence-corrected chi connectivity index (χ1v) is 11.5. The largest absolute Gasteiger partial charge is 0.478 e. The van der Waals surface area contributed by atoms with Gasteiger partial charge in [0.25, 0.3) is 5.91 Å². The first kappa shape index (κ1) is 24.4. The maximum atomic E-state index is 13.0. The molecule has 3 rings (SSSR count). The summed E-state index contributed by atoms with van der Waals surface area (Å²) in [6.45, 7) is 6.08. The zero-order valence-electron chi connectivity index (χ0n) is 18.2. The van der Waals surface area contributed by atoms with E-state index in [9.17, 15) is 4.79 Å². The molecule has 32 heavy (non-hydrogen) atoms. The summed E-state index contributed by atoms with van der Waals surface area (Å²) >= 11 is 18.1. The van der Waals surface area contributed by atoms with Crippen molar-refractivity contribution in [3.63, 3.8) is 0 Å². The lowest BCUT2D eigenvalue weighted by atomic mass is 9.82. The molecule has 3 nitrogen and oxygen atoms in total. The van der Waals surface area contributed by atoms with Crippen LogP contribution in [0.1, 0.15) is 43.7 Å². The Kier molecular flexibility index (Phi) is 8.10. The molecular formula is C26H26Cl3NO2. The van der Waals surface area contributed by atoms with Crippen LogP contribution in [0, 0.1) is 0 Å². The molecule has 3 aromatic rings. The molecule has 0 heterocycles. The SMILES string of the molecule is CC(c1ccc(Cl)cc1)C(CNC(=O)C(C)(C)Oc1ccc(Cl)cc1)c1ccc(Cl)cc1. The monoisotopic (exact) mass is 489 g/mol. The average molecular weight is 491 g/mol. The summed E-state index contributed by atoms with van der Waals surface area (Å²) in [7, 11) is 0. The second-order valence-electron chi connectivity index (χ2n) is 8.27. The highest BCUT2D eigenvalue weighted by Gasteiger charge is 2.31. The minimum Gasteiger partial charge on any atom is -0.478 e. The maximum Gasteiger partial charge on any atom is 0.263 e. The summed E-state index contributed by atoms with van der Waals surface area (Å²) in [4.78, 5) is 13.0. The van der Waals surface area contributed by atoms with Crippen molar-refractivity contribution >= 4 is 40.7 Å². The Morgan fingerprint density at radius 2 is 1.25 bits per heavy atom. The van der Waals surface area contributed by atoms with Crippen LogP contribution < -0.4 is 10.1 Å². The minimum absolute atomic E-state index is 0.0312. The van der Waals surface area contributed by atoms with Crippen molar-refractivity contribution in [1.29, 1.82) is 0 Å². The Bertz CT molecular complexity index is 1030. The molecule has 2 unspecified atom stereocenters. The molecule has 0 saturated heterocycles. The van der Waals surface area contributed by atoms with E-state index in [1.54, 1.807) is 38.1 Å². The standard InChI is InChI=1S/C26H26Cl3NO2/c1-17(18-4-8-20(27)9-5-18)24(19-6-10-21(28)11-7-19)16-30-25(31)26(2,3)32-23-14-12-22(29)13-15-23/h4-15,17,24H,16H2,1-3H3,(H,30,31). The van der Waals surface area contributed by atoms with Crippen LogP contribution in [0.2, 0.25) is 15.1 Å². The zero-order valence-corrected chi connectivity index (χ0v) is 20.5. The smallest absolute Gasteiger partial charge is 0.263 e. The fourth-order valence-electron chi connectivity index (χ4n) is 3.55. The molecule has 0 bridgehead atoms. The predicted octanol–water partition coefficient (Wildman–Crippen LogP) is 7.51. The Morgan fingerprint density at radius 1 is 0.812 bits per heavy atom. The fourth-order valence-corrected chi connectivity index (χ4v) is 3.93.